The van der Waals surface area contributed by atoms with Crippen molar-refractivity contribution < 1.29 is 42.4 Å². The number of rotatable bonds is 12. The van der Waals surface area contributed by atoms with Crippen LogP contribution in [-0.4, -0.2) is 82.7 Å². The normalized spacial score (nSPS) is 11.6. The van der Waals surface area contributed by atoms with Gasteiger partial charge >= 0.3 is 11.9 Å². The molecule has 0 unspecified atom stereocenters. The largest absolute Gasteiger partial charge is 0.478 e. The molecule has 0 aliphatic heterocycles. The number of hydrogen-bond donors (Lipinski definition) is 5. The number of halogens is 3. The van der Waals surface area contributed by atoms with Gasteiger partial charge in [0.25, 0.3) is 21.9 Å². The van der Waals surface area contributed by atoms with E-state index in [9.17, 15) is 27.6 Å². The van der Waals surface area contributed by atoms with Crippen molar-refractivity contribution in [1.82, 2.24) is 40.2 Å². The molecule has 71 heavy (non-hydrogen) atoms. The summed E-state index contributed by atoms with van der Waals surface area (Å²) < 4.78 is 30.4. The molecule has 2 atom stereocenters. The fourth-order valence-corrected chi connectivity index (χ4v) is 7.97. The summed E-state index contributed by atoms with van der Waals surface area (Å²) >= 11 is 6.99. The van der Waals surface area contributed by atoms with E-state index in [4.69, 9.17) is 14.8 Å². The second-order valence-electron chi connectivity index (χ2n) is 15.8. The first-order chi connectivity index (χ1) is 32.7. The minimum absolute atomic E-state index is 0. The Morgan fingerprint density at radius 2 is 0.915 bits per heavy atom. The highest BCUT2D eigenvalue weighted by Gasteiger charge is 2.24. The number of fused-ring (bicyclic) bond motifs is 2. The van der Waals surface area contributed by atoms with Crippen molar-refractivity contribution in [1.29, 1.82) is 0 Å². The van der Waals surface area contributed by atoms with Crippen LogP contribution in [0.3, 0.4) is 0 Å². The Morgan fingerprint density at radius 3 is 1.23 bits per heavy atom. The smallest absolute Gasteiger partial charge is 0.335 e. The summed E-state index contributed by atoms with van der Waals surface area (Å²) in [5.41, 5.74) is 5.83. The highest BCUT2D eigenvalue weighted by Crippen LogP contribution is 2.26. The van der Waals surface area contributed by atoms with Gasteiger partial charge in [0.1, 0.15) is 11.4 Å². The number of carboxylic acids is 2. The fraction of sp³-hybridized carbons (Fsp3) is 0.200. The van der Waals surface area contributed by atoms with Gasteiger partial charge in [-0.05, 0) is 118 Å². The number of amides is 2. The van der Waals surface area contributed by atoms with Crippen molar-refractivity contribution in [3.8, 4) is 0 Å². The lowest BCUT2D eigenvalue weighted by Crippen LogP contribution is -2.29. The van der Waals surface area contributed by atoms with Crippen LogP contribution in [0.4, 0.5) is 0 Å². The van der Waals surface area contributed by atoms with Gasteiger partial charge in [0.05, 0.1) is 74.3 Å². The molecule has 8 aromatic rings. The molecule has 0 aliphatic rings. The Hall–Kier alpha value is -6.40. The van der Waals surface area contributed by atoms with Crippen LogP contribution in [0.1, 0.15) is 109 Å². The number of carbonyl (C=O) groups excluding carboxylic acids is 2. The van der Waals surface area contributed by atoms with Gasteiger partial charge in [-0.2, -0.15) is 18.6 Å². The molecule has 17 nitrogen and oxygen atoms in total. The molecule has 4 heterocycles. The number of pyridine rings is 2. The minimum atomic E-state index is -3.67. The predicted octanol–water partition coefficient (Wildman–Crippen LogP) is 10.2. The van der Waals surface area contributed by atoms with Gasteiger partial charge in [-0.25, -0.2) is 9.59 Å². The van der Waals surface area contributed by atoms with Crippen molar-refractivity contribution in [3.05, 3.63) is 187 Å². The molecule has 0 radical (unpaired) electrons. The van der Waals surface area contributed by atoms with E-state index in [1.807, 2.05) is 101 Å². The topological polar surface area (TPSA) is 249 Å². The zero-order valence-corrected chi connectivity index (χ0v) is 44.5. The Morgan fingerprint density at radius 1 is 0.606 bits per heavy atom. The molecule has 0 saturated carbocycles. The number of aromatic nitrogens is 6. The Balaban J connectivity index is 0.000000275. The van der Waals surface area contributed by atoms with Crippen molar-refractivity contribution in [3.63, 3.8) is 0 Å². The molecule has 372 valence electrons. The van der Waals surface area contributed by atoms with E-state index in [0.717, 1.165) is 44.1 Å². The van der Waals surface area contributed by atoms with E-state index in [1.165, 1.54) is 24.3 Å². The average molecular weight is 1230 g/mol. The number of carboxylic acid groups (broad SMARTS) is 2. The van der Waals surface area contributed by atoms with Crippen LogP contribution in [0, 0.1) is 13.8 Å². The first-order valence-electron chi connectivity index (χ1n) is 21.0. The van der Waals surface area contributed by atoms with Crippen molar-refractivity contribution in [2.75, 3.05) is 6.26 Å². The van der Waals surface area contributed by atoms with Crippen molar-refractivity contribution in [2.45, 2.75) is 60.3 Å². The molecule has 4 aromatic carbocycles. The lowest BCUT2D eigenvalue weighted by Gasteiger charge is -2.16. The molecule has 4 aromatic heterocycles. The average Bonchev–Trinajstić information content (AvgIpc) is 3.75. The van der Waals surface area contributed by atoms with Crippen LogP contribution >= 0.6 is 55.8 Å². The fourth-order valence-electron chi connectivity index (χ4n) is 7.05. The second-order valence-corrected chi connectivity index (χ2v) is 18.9. The Bertz CT molecular complexity index is 3100. The highest BCUT2D eigenvalue weighted by atomic mass is 127. The van der Waals surface area contributed by atoms with Gasteiger partial charge in [-0.3, -0.25) is 33.5 Å². The summed E-state index contributed by atoms with van der Waals surface area (Å²) in [7, 11) is -3.67. The summed E-state index contributed by atoms with van der Waals surface area (Å²) in [6.07, 6.45) is 4.35. The van der Waals surface area contributed by atoms with E-state index in [-0.39, 0.29) is 66.4 Å². The molecule has 0 spiro atoms. The number of nitrogens with one attached hydrogen (secondary N) is 2. The van der Waals surface area contributed by atoms with E-state index < -0.39 is 22.1 Å². The first-order valence-corrected chi connectivity index (χ1v) is 24.4. The summed E-state index contributed by atoms with van der Waals surface area (Å²) in [6, 6.07) is 32.2. The maximum Gasteiger partial charge on any atom is 0.335 e. The molecular weight excluding hydrogens is 1180 g/mol. The lowest BCUT2D eigenvalue weighted by atomic mass is 10.1. The number of aromatic carboxylic acids is 2. The molecule has 8 rings (SSSR count). The third-order valence-corrected chi connectivity index (χ3v) is 12.4. The van der Waals surface area contributed by atoms with Gasteiger partial charge in [0.15, 0.2) is 0 Å². The number of benzene rings is 4. The van der Waals surface area contributed by atoms with Crippen LogP contribution in [0.2, 0.25) is 0 Å². The van der Waals surface area contributed by atoms with Gasteiger partial charge < -0.3 is 20.8 Å². The standard InChI is InChI=1S/2C24H21BrN4O3.CH4O3S.CH4.HI/c2*1-14(16-7-9-17(10-8-16)24(31)32)27-23(30)22-21(25)15(2)28-29(22)13-20-11-18-5-3-4-6-19(18)12-26-20;1-5(2,3)4;;/h2*3-12,14H,13H2,1-2H3,(H,27,30)(H,31,32);1H3,(H,2,3,4);1H4;1H/t2*14-;;;/m00.../s1. The Kier molecular flexibility index (Phi) is 20.2. The van der Waals surface area contributed by atoms with E-state index in [2.05, 4.69) is 62.7 Å². The maximum absolute atomic E-state index is 13.1. The summed E-state index contributed by atoms with van der Waals surface area (Å²) in [5, 5.41) is 37.4. The number of nitrogens with zero attached hydrogens (tertiary/aromatic N) is 6. The SMILES string of the molecule is C.CS(=O)(=O)O.Cc1nn(Cc2cc3ccccc3cn2)c(C(=O)N[C@@H](C)c2ccc(C(=O)O)cc2)c1Br.Cc1nn(Cc2cc3ccccc3cn2)c(C(=O)N[C@@H](C)c2ccc(C(=O)O)cc2)c1Br.I. The zero-order chi connectivity index (χ0) is 50.2. The van der Waals surface area contributed by atoms with Gasteiger partial charge in [-0.15, -0.1) is 24.0 Å². The van der Waals surface area contributed by atoms with Crippen LogP contribution in [0.5, 0.6) is 0 Å². The van der Waals surface area contributed by atoms with Gasteiger partial charge in [0, 0.05) is 23.2 Å². The van der Waals surface area contributed by atoms with E-state index >= 15 is 0 Å². The Labute approximate surface area is 444 Å². The maximum atomic E-state index is 13.1. The van der Waals surface area contributed by atoms with Crippen LogP contribution < -0.4 is 10.6 Å². The van der Waals surface area contributed by atoms with Gasteiger partial charge in [-0.1, -0.05) is 80.2 Å². The van der Waals surface area contributed by atoms with Crippen LogP contribution in [-0.2, 0) is 23.2 Å². The molecule has 0 saturated heterocycles. The van der Waals surface area contributed by atoms with Crippen LogP contribution in [0.15, 0.2) is 131 Å². The second kappa shape index (κ2) is 25.1. The van der Waals surface area contributed by atoms with Crippen molar-refractivity contribution >= 4 is 111 Å². The summed E-state index contributed by atoms with van der Waals surface area (Å²) in [4.78, 5) is 57.4. The third-order valence-electron chi connectivity index (χ3n) is 10.5. The molecule has 0 aliphatic carbocycles. The quantitative estimate of drug-likeness (QED) is 0.0565. The lowest BCUT2D eigenvalue weighted by molar-refractivity contribution is 0.0686. The van der Waals surface area contributed by atoms with E-state index in [0.29, 0.717) is 51.1 Å². The van der Waals surface area contributed by atoms with E-state index in [1.54, 1.807) is 33.6 Å². The van der Waals surface area contributed by atoms with Gasteiger partial charge in [0.2, 0.25) is 0 Å². The van der Waals surface area contributed by atoms with Crippen molar-refractivity contribution in [2.24, 2.45) is 0 Å². The number of hydrogen-bond acceptors (Lipinski definition) is 10. The summed E-state index contributed by atoms with van der Waals surface area (Å²) in [5.74, 6) is -2.54. The first kappa shape index (κ1) is 57.2. The predicted molar refractivity (Wildman–Crippen MR) is 289 cm³/mol. The van der Waals surface area contributed by atoms with Crippen LogP contribution in [0.25, 0.3) is 21.5 Å². The number of aryl methyl sites for hydroxylation is 2. The molecule has 21 heteroatoms. The highest BCUT2D eigenvalue weighted by molar-refractivity contribution is 14.0. The minimum Gasteiger partial charge on any atom is -0.478 e. The molecule has 5 N–H and O–H groups in total. The zero-order valence-electron chi connectivity index (χ0n) is 38.2. The molecular formula is C50H51Br2IN8O9S. The molecule has 0 fully saturated rings. The summed E-state index contributed by atoms with van der Waals surface area (Å²) in [6.45, 7) is 8.06. The third kappa shape index (κ3) is 15.3. The monoisotopic (exact) mass is 1220 g/mol. The molecule has 0 bridgehead atoms. The number of carbonyl (C=O) groups is 4. The molecule has 2 amide bonds.